The van der Waals surface area contributed by atoms with Gasteiger partial charge >= 0.3 is 0 Å². The molecule has 1 N–H and O–H groups in total. The summed E-state index contributed by atoms with van der Waals surface area (Å²) in [4.78, 5) is 4.25. The van der Waals surface area contributed by atoms with Crippen LogP contribution in [0.5, 0.6) is 0 Å². The molecule has 1 aromatic rings. The maximum absolute atomic E-state index is 4.25. The zero-order valence-corrected chi connectivity index (χ0v) is 10.7. The Morgan fingerprint density at radius 2 is 2.25 bits per heavy atom. The van der Waals surface area contributed by atoms with Gasteiger partial charge in [0.2, 0.25) is 0 Å². The quantitative estimate of drug-likeness (QED) is 0.799. The van der Waals surface area contributed by atoms with Crippen molar-refractivity contribution in [3.63, 3.8) is 0 Å². The molecular formula is C13H23N3. The fourth-order valence-corrected chi connectivity index (χ4v) is 1.91. The molecule has 90 valence electrons. The summed E-state index contributed by atoms with van der Waals surface area (Å²) >= 11 is 0. The van der Waals surface area contributed by atoms with Gasteiger partial charge in [-0.2, -0.15) is 0 Å². The van der Waals surface area contributed by atoms with Gasteiger partial charge in [0.05, 0.1) is 12.0 Å². The lowest BCUT2D eigenvalue weighted by molar-refractivity contribution is 0.446. The van der Waals surface area contributed by atoms with E-state index < -0.39 is 0 Å². The fourth-order valence-electron chi connectivity index (χ4n) is 1.91. The number of aromatic nitrogens is 2. The molecule has 0 saturated heterocycles. The molecule has 0 aromatic carbocycles. The average Bonchev–Trinajstić information content (AvgIpc) is 2.76. The molecule has 0 amide bonds. The Balaban J connectivity index is 1.86. The zero-order valence-electron chi connectivity index (χ0n) is 10.7. The van der Waals surface area contributed by atoms with Gasteiger partial charge in [0.1, 0.15) is 0 Å². The van der Waals surface area contributed by atoms with Crippen LogP contribution in [0.1, 0.15) is 39.3 Å². The molecule has 0 radical (unpaired) electrons. The number of nitrogens with zero attached hydrogens (tertiary/aromatic N) is 2. The smallest absolute Gasteiger partial charge is 0.0948 e. The molecule has 1 aliphatic carbocycles. The molecule has 2 rings (SSSR count). The predicted octanol–water partition coefficient (Wildman–Crippen LogP) is 2.43. The molecule has 3 nitrogen and oxygen atoms in total. The fraction of sp³-hybridized carbons (Fsp3) is 0.769. The minimum Gasteiger partial charge on any atom is -0.333 e. The van der Waals surface area contributed by atoms with E-state index in [4.69, 9.17) is 0 Å². The van der Waals surface area contributed by atoms with Gasteiger partial charge in [0.15, 0.2) is 0 Å². The molecule has 3 heteroatoms. The first-order chi connectivity index (χ1) is 7.59. The largest absolute Gasteiger partial charge is 0.333 e. The summed E-state index contributed by atoms with van der Waals surface area (Å²) in [6, 6.07) is 0. The molecular weight excluding hydrogens is 198 g/mol. The normalized spacial score (nSPS) is 18.0. The van der Waals surface area contributed by atoms with Gasteiger partial charge < -0.3 is 9.88 Å². The molecule has 0 bridgehead atoms. The van der Waals surface area contributed by atoms with Crippen molar-refractivity contribution >= 4 is 0 Å². The van der Waals surface area contributed by atoms with E-state index in [1.165, 1.54) is 18.5 Å². The highest BCUT2D eigenvalue weighted by Gasteiger charge is 2.37. The first-order valence-corrected chi connectivity index (χ1v) is 6.29. The standard InChI is InChI=1S/C13H23N3/c1-11(2)6-14-7-12-8-15-10-16(12)9-13(3)4-5-13/h8,10-11,14H,4-7,9H2,1-3H3. The molecule has 0 spiro atoms. The van der Waals surface area contributed by atoms with E-state index in [1.54, 1.807) is 0 Å². The van der Waals surface area contributed by atoms with E-state index in [9.17, 15) is 0 Å². The van der Waals surface area contributed by atoms with E-state index in [-0.39, 0.29) is 0 Å². The van der Waals surface area contributed by atoms with Gasteiger partial charge in [-0.15, -0.1) is 0 Å². The highest BCUT2D eigenvalue weighted by atomic mass is 15.1. The third-order valence-electron chi connectivity index (χ3n) is 3.31. The molecule has 1 fully saturated rings. The summed E-state index contributed by atoms with van der Waals surface area (Å²) in [7, 11) is 0. The van der Waals surface area contributed by atoms with Crippen molar-refractivity contribution in [1.29, 1.82) is 0 Å². The highest BCUT2D eigenvalue weighted by molar-refractivity contribution is 5.01. The van der Waals surface area contributed by atoms with E-state index in [2.05, 4.69) is 35.6 Å². The molecule has 0 atom stereocenters. The van der Waals surface area contributed by atoms with Gasteiger partial charge in [-0.3, -0.25) is 0 Å². The van der Waals surface area contributed by atoms with Gasteiger partial charge in [-0.1, -0.05) is 20.8 Å². The van der Waals surface area contributed by atoms with Crippen molar-refractivity contribution in [2.24, 2.45) is 11.3 Å². The first kappa shape index (κ1) is 11.6. The monoisotopic (exact) mass is 221 g/mol. The predicted molar refractivity (Wildman–Crippen MR) is 66.1 cm³/mol. The lowest BCUT2D eigenvalue weighted by Gasteiger charge is -2.13. The second-order valence-corrected chi connectivity index (χ2v) is 5.85. The SMILES string of the molecule is CC(C)CNCc1cncn1CC1(C)CC1. The summed E-state index contributed by atoms with van der Waals surface area (Å²) in [5.74, 6) is 0.706. The van der Waals surface area contributed by atoms with Crippen LogP contribution in [-0.4, -0.2) is 16.1 Å². The van der Waals surface area contributed by atoms with Crippen molar-refractivity contribution < 1.29 is 0 Å². The number of hydrogen-bond donors (Lipinski definition) is 1. The van der Waals surface area contributed by atoms with Crippen LogP contribution in [-0.2, 0) is 13.1 Å². The minimum absolute atomic E-state index is 0.549. The Bertz CT molecular complexity index is 337. The third-order valence-corrected chi connectivity index (χ3v) is 3.31. The van der Waals surface area contributed by atoms with Crippen molar-refractivity contribution in [1.82, 2.24) is 14.9 Å². The Hall–Kier alpha value is -0.830. The zero-order chi connectivity index (χ0) is 11.6. The Morgan fingerprint density at radius 3 is 2.88 bits per heavy atom. The third kappa shape index (κ3) is 3.08. The highest BCUT2D eigenvalue weighted by Crippen LogP contribution is 2.46. The van der Waals surface area contributed by atoms with Crippen LogP contribution >= 0.6 is 0 Å². The topological polar surface area (TPSA) is 29.9 Å². The van der Waals surface area contributed by atoms with E-state index in [1.807, 2.05) is 12.5 Å². The summed E-state index contributed by atoms with van der Waals surface area (Å²) in [6.07, 6.45) is 6.68. The first-order valence-electron chi connectivity index (χ1n) is 6.29. The maximum Gasteiger partial charge on any atom is 0.0948 e. The number of rotatable bonds is 6. The lowest BCUT2D eigenvalue weighted by atomic mass is 10.1. The van der Waals surface area contributed by atoms with Gasteiger partial charge in [0, 0.05) is 19.3 Å². The van der Waals surface area contributed by atoms with Crippen molar-refractivity contribution in [3.8, 4) is 0 Å². The maximum atomic E-state index is 4.25. The summed E-state index contributed by atoms with van der Waals surface area (Å²) < 4.78 is 2.31. The Labute approximate surface area is 98.3 Å². The Kier molecular flexibility index (Phi) is 3.33. The van der Waals surface area contributed by atoms with E-state index in [0.29, 0.717) is 11.3 Å². The van der Waals surface area contributed by atoms with Gasteiger partial charge in [-0.25, -0.2) is 4.98 Å². The molecule has 0 unspecified atom stereocenters. The summed E-state index contributed by atoms with van der Waals surface area (Å²) in [5.41, 5.74) is 1.86. The summed E-state index contributed by atoms with van der Waals surface area (Å²) in [6.45, 7) is 9.96. The number of hydrogen-bond acceptors (Lipinski definition) is 2. The van der Waals surface area contributed by atoms with Crippen LogP contribution in [0.3, 0.4) is 0 Å². The van der Waals surface area contributed by atoms with Crippen LogP contribution in [0.15, 0.2) is 12.5 Å². The Morgan fingerprint density at radius 1 is 1.50 bits per heavy atom. The average molecular weight is 221 g/mol. The molecule has 16 heavy (non-hydrogen) atoms. The molecule has 1 heterocycles. The second kappa shape index (κ2) is 4.58. The molecule has 1 aromatic heterocycles. The minimum atomic E-state index is 0.549. The number of nitrogens with one attached hydrogen (secondary N) is 1. The van der Waals surface area contributed by atoms with Gasteiger partial charge in [0.25, 0.3) is 0 Å². The second-order valence-electron chi connectivity index (χ2n) is 5.85. The molecule has 1 aliphatic rings. The lowest BCUT2D eigenvalue weighted by Crippen LogP contribution is -2.21. The number of imidazole rings is 1. The van der Waals surface area contributed by atoms with Crippen molar-refractivity contribution in [2.45, 2.75) is 46.7 Å². The van der Waals surface area contributed by atoms with Crippen LogP contribution in [0.4, 0.5) is 0 Å². The summed E-state index contributed by atoms with van der Waals surface area (Å²) in [5, 5.41) is 3.47. The van der Waals surface area contributed by atoms with Crippen LogP contribution in [0, 0.1) is 11.3 Å². The van der Waals surface area contributed by atoms with Crippen LogP contribution in [0.25, 0.3) is 0 Å². The van der Waals surface area contributed by atoms with Crippen molar-refractivity contribution in [2.75, 3.05) is 6.54 Å². The van der Waals surface area contributed by atoms with Crippen LogP contribution < -0.4 is 5.32 Å². The van der Waals surface area contributed by atoms with Crippen LogP contribution in [0.2, 0.25) is 0 Å². The van der Waals surface area contributed by atoms with Gasteiger partial charge in [-0.05, 0) is 30.7 Å². The molecule has 0 aliphatic heterocycles. The van der Waals surface area contributed by atoms with E-state index >= 15 is 0 Å². The molecule has 1 saturated carbocycles. The van der Waals surface area contributed by atoms with E-state index in [0.717, 1.165) is 19.6 Å². The van der Waals surface area contributed by atoms with Crippen molar-refractivity contribution in [3.05, 3.63) is 18.2 Å².